The van der Waals surface area contributed by atoms with Crippen molar-refractivity contribution < 1.29 is 8.42 Å². The lowest BCUT2D eigenvalue weighted by Gasteiger charge is -2.24. The molecule has 0 unspecified atom stereocenters. The van der Waals surface area contributed by atoms with Crippen molar-refractivity contribution in [2.75, 3.05) is 19.6 Å². The number of aromatic nitrogens is 1. The van der Waals surface area contributed by atoms with Crippen molar-refractivity contribution in [3.05, 3.63) is 11.2 Å². The van der Waals surface area contributed by atoms with E-state index in [1.165, 1.54) is 17.5 Å². The maximum absolute atomic E-state index is 12.5. The van der Waals surface area contributed by atoms with Gasteiger partial charge in [-0.2, -0.15) is 4.31 Å². The minimum atomic E-state index is -3.33. The second-order valence-corrected chi connectivity index (χ2v) is 8.38. The highest BCUT2D eigenvalue weighted by Crippen LogP contribution is 2.31. The predicted octanol–water partition coefficient (Wildman–Crippen LogP) is 0.824. The normalized spacial score (nSPS) is 29.4. The predicted molar refractivity (Wildman–Crippen MR) is 70.1 cm³/mol. The van der Waals surface area contributed by atoms with Crippen LogP contribution >= 0.6 is 11.3 Å². The Labute approximate surface area is 111 Å². The molecule has 2 saturated heterocycles. The van der Waals surface area contributed by atoms with Gasteiger partial charge < -0.3 is 5.32 Å². The number of aryl methyl sites for hydroxylation is 1. The monoisotopic (exact) mass is 287 g/mol. The topological polar surface area (TPSA) is 62.3 Å². The lowest BCUT2D eigenvalue weighted by Crippen LogP contribution is -2.41. The molecule has 3 rings (SSSR count). The van der Waals surface area contributed by atoms with E-state index in [2.05, 4.69) is 10.3 Å². The third-order valence-electron chi connectivity index (χ3n) is 3.76. The van der Waals surface area contributed by atoms with E-state index in [1.54, 1.807) is 4.31 Å². The van der Waals surface area contributed by atoms with Gasteiger partial charge in [-0.3, -0.25) is 0 Å². The molecule has 0 aliphatic carbocycles. The van der Waals surface area contributed by atoms with Gasteiger partial charge in [-0.15, -0.1) is 11.3 Å². The van der Waals surface area contributed by atoms with E-state index in [1.807, 2.05) is 6.92 Å². The molecule has 18 heavy (non-hydrogen) atoms. The second-order valence-electron chi connectivity index (χ2n) is 4.98. The number of hydrogen-bond acceptors (Lipinski definition) is 5. The number of rotatable bonds is 2. The van der Waals surface area contributed by atoms with Crippen LogP contribution in [0.1, 0.15) is 17.8 Å². The third-order valence-corrected chi connectivity index (χ3v) is 6.94. The van der Waals surface area contributed by atoms with Gasteiger partial charge in [-0.25, -0.2) is 13.4 Å². The van der Waals surface area contributed by atoms with Crippen LogP contribution in [0.5, 0.6) is 0 Å². The van der Waals surface area contributed by atoms with Crippen LogP contribution in [-0.2, 0) is 10.0 Å². The van der Waals surface area contributed by atoms with Crippen LogP contribution in [-0.4, -0.2) is 43.4 Å². The van der Waals surface area contributed by atoms with E-state index in [4.69, 9.17) is 0 Å². The number of fused-ring (bicyclic) bond motifs is 1. The Hall–Kier alpha value is -0.500. The maximum Gasteiger partial charge on any atom is 0.254 e. The molecule has 2 aliphatic heterocycles. The fourth-order valence-corrected chi connectivity index (χ4v) is 5.58. The third kappa shape index (κ3) is 2.09. The fraction of sp³-hybridized carbons (Fsp3) is 0.727. The zero-order valence-electron chi connectivity index (χ0n) is 10.3. The summed E-state index contributed by atoms with van der Waals surface area (Å²) in [5, 5.41) is 4.22. The Morgan fingerprint density at radius 2 is 2.33 bits per heavy atom. The highest BCUT2D eigenvalue weighted by molar-refractivity contribution is 7.91. The van der Waals surface area contributed by atoms with E-state index in [0.717, 1.165) is 24.4 Å². The highest BCUT2D eigenvalue weighted by atomic mass is 32.2. The molecular formula is C11H17N3O2S2. The van der Waals surface area contributed by atoms with Gasteiger partial charge in [-0.1, -0.05) is 0 Å². The molecule has 1 aromatic rings. The average Bonchev–Trinajstić information content (AvgIpc) is 2.94. The van der Waals surface area contributed by atoms with E-state index < -0.39 is 10.0 Å². The van der Waals surface area contributed by atoms with Crippen molar-refractivity contribution in [1.82, 2.24) is 14.6 Å². The van der Waals surface area contributed by atoms with Gasteiger partial charge in [0.05, 0.1) is 11.2 Å². The molecular weight excluding hydrogens is 270 g/mol. The summed E-state index contributed by atoms with van der Waals surface area (Å²) in [5.74, 6) is 0.475. The summed E-state index contributed by atoms with van der Waals surface area (Å²) in [5.41, 5.74) is 0. The molecule has 2 aliphatic rings. The molecule has 3 heterocycles. The van der Waals surface area contributed by atoms with Gasteiger partial charge in [0, 0.05) is 19.1 Å². The molecule has 0 radical (unpaired) electrons. The summed E-state index contributed by atoms with van der Waals surface area (Å²) in [6, 6.07) is 0.336. The van der Waals surface area contributed by atoms with Crippen LogP contribution in [0.2, 0.25) is 0 Å². The second kappa shape index (κ2) is 4.56. The molecule has 0 saturated carbocycles. The van der Waals surface area contributed by atoms with Crippen molar-refractivity contribution >= 4 is 21.4 Å². The molecule has 2 atom stereocenters. The van der Waals surface area contributed by atoms with Crippen LogP contribution in [0.15, 0.2) is 10.4 Å². The first-order valence-corrected chi connectivity index (χ1v) is 8.49. The van der Waals surface area contributed by atoms with Crippen molar-refractivity contribution in [3.63, 3.8) is 0 Å². The Kier molecular flexibility index (Phi) is 3.17. The van der Waals surface area contributed by atoms with Crippen LogP contribution in [0.4, 0.5) is 0 Å². The van der Waals surface area contributed by atoms with E-state index >= 15 is 0 Å². The molecule has 0 aromatic carbocycles. The molecule has 1 aromatic heterocycles. The van der Waals surface area contributed by atoms with Crippen LogP contribution in [0.25, 0.3) is 0 Å². The number of thiazole rings is 1. The fourth-order valence-electron chi connectivity index (χ4n) is 2.79. The number of piperidine rings is 1. The summed E-state index contributed by atoms with van der Waals surface area (Å²) in [7, 11) is -3.33. The van der Waals surface area contributed by atoms with E-state index in [9.17, 15) is 8.42 Å². The minimum absolute atomic E-state index is 0.336. The molecule has 1 N–H and O–H groups in total. The molecule has 0 amide bonds. The van der Waals surface area contributed by atoms with Crippen molar-refractivity contribution in [2.24, 2.45) is 5.92 Å². The largest absolute Gasteiger partial charge is 0.312 e. The average molecular weight is 287 g/mol. The summed E-state index contributed by atoms with van der Waals surface area (Å²) >= 11 is 1.25. The highest BCUT2D eigenvalue weighted by Gasteiger charge is 2.40. The molecule has 7 heteroatoms. The van der Waals surface area contributed by atoms with Gasteiger partial charge in [0.1, 0.15) is 0 Å². The smallest absolute Gasteiger partial charge is 0.254 e. The Balaban J connectivity index is 1.83. The first kappa shape index (κ1) is 12.5. The first-order chi connectivity index (χ1) is 8.57. The summed E-state index contributed by atoms with van der Waals surface area (Å²) in [4.78, 5) is 4.04. The number of nitrogens with zero attached hydrogens (tertiary/aromatic N) is 2. The number of sulfonamides is 1. The zero-order chi connectivity index (χ0) is 12.8. The summed E-state index contributed by atoms with van der Waals surface area (Å²) in [6.07, 6.45) is 3.75. The Morgan fingerprint density at radius 1 is 1.50 bits per heavy atom. The molecule has 0 bridgehead atoms. The van der Waals surface area contributed by atoms with Crippen LogP contribution in [0.3, 0.4) is 0 Å². The Morgan fingerprint density at radius 3 is 3.00 bits per heavy atom. The van der Waals surface area contributed by atoms with Crippen molar-refractivity contribution in [1.29, 1.82) is 0 Å². The number of hydrogen-bond donors (Lipinski definition) is 1. The SMILES string of the molecule is Cc1ncc(S(=O)(=O)N2C[C@@H]3CCCN[C@@H]3C2)s1. The number of nitrogens with one attached hydrogen (secondary N) is 1. The maximum atomic E-state index is 12.5. The van der Waals surface area contributed by atoms with Gasteiger partial charge in [0.25, 0.3) is 10.0 Å². The van der Waals surface area contributed by atoms with Crippen LogP contribution in [0, 0.1) is 12.8 Å². The minimum Gasteiger partial charge on any atom is -0.312 e. The van der Waals surface area contributed by atoms with Crippen LogP contribution < -0.4 is 5.32 Å². The summed E-state index contributed by atoms with van der Waals surface area (Å²) in [6.45, 7) is 4.09. The zero-order valence-corrected chi connectivity index (χ0v) is 11.9. The van der Waals surface area contributed by atoms with Gasteiger partial charge >= 0.3 is 0 Å². The molecule has 2 fully saturated rings. The Bertz CT molecular complexity index is 526. The first-order valence-electron chi connectivity index (χ1n) is 6.23. The van der Waals surface area contributed by atoms with Gasteiger partial charge in [0.15, 0.2) is 4.21 Å². The molecule has 100 valence electrons. The van der Waals surface area contributed by atoms with E-state index in [-0.39, 0.29) is 0 Å². The molecule has 0 spiro atoms. The quantitative estimate of drug-likeness (QED) is 0.875. The van der Waals surface area contributed by atoms with Crippen molar-refractivity contribution in [3.8, 4) is 0 Å². The van der Waals surface area contributed by atoms with Crippen molar-refractivity contribution in [2.45, 2.75) is 30.0 Å². The standard InChI is InChI=1S/C11H17N3O2S2/c1-8-13-5-11(17-8)18(15,16)14-6-9-3-2-4-12-10(9)7-14/h5,9-10,12H,2-4,6-7H2,1H3/t9-,10+/m0/s1. The lowest BCUT2D eigenvalue weighted by atomic mass is 9.94. The molecule has 5 nitrogen and oxygen atoms in total. The van der Waals surface area contributed by atoms with E-state index in [0.29, 0.717) is 29.3 Å². The van der Waals surface area contributed by atoms with Gasteiger partial charge in [-0.05, 0) is 32.2 Å². The lowest BCUT2D eigenvalue weighted by molar-refractivity contribution is 0.339. The summed E-state index contributed by atoms with van der Waals surface area (Å²) < 4.78 is 26.9. The van der Waals surface area contributed by atoms with Gasteiger partial charge in [0.2, 0.25) is 0 Å².